The lowest BCUT2D eigenvalue weighted by atomic mass is 10.2. The van der Waals surface area contributed by atoms with Crippen LogP contribution in [0.2, 0.25) is 0 Å². The summed E-state index contributed by atoms with van der Waals surface area (Å²) in [5, 5.41) is 17.4. The third-order valence-electron chi connectivity index (χ3n) is 2.37. The molecule has 20 heavy (non-hydrogen) atoms. The molecule has 1 heterocycles. The Hall–Kier alpha value is -2.07. The second-order valence-corrected chi connectivity index (χ2v) is 6.27. The molecular weight excluding hydrogens is 350 g/mol. The molecule has 8 nitrogen and oxygen atoms in total. The standard InChI is InChI=1S/C10H10BrN5O3S/c11-6-1-2-7(10(12)15-17)8(5-6)16-20(18,19)9-3-4-13-14-9/h1-5,16-17H,(H2,12,15)(H,13,14). The van der Waals surface area contributed by atoms with Gasteiger partial charge in [0.2, 0.25) is 0 Å². The smallest absolute Gasteiger partial charge is 0.278 e. The molecule has 0 bridgehead atoms. The van der Waals surface area contributed by atoms with Crippen LogP contribution in [-0.4, -0.2) is 29.7 Å². The van der Waals surface area contributed by atoms with Gasteiger partial charge < -0.3 is 10.9 Å². The van der Waals surface area contributed by atoms with Crippen molar-refractivity contribution in [2.75, 3.05) is 4.72 Å². The first-order valence-corrected chi connectivity index (χ1v) is 7.51. The van der Waals surface area contributed by atoms with Gasteiger partial charge in [-0.2, -0.15) is 13.5 Å². The second-order valence-electron chi connectivity index (χ2n) is 3.70. The van der Waals surface area contributed by atoms with Gasteiger partial charge in [-0.05, 0) is 24.3 Å². The largest absolute Gasteiger partial charge is 0.409 e. The number of nitrogens with zero attached hydrogens (tertiary/aromatic N) is 2. The summed E-state index contributed by atoms with van der Waals surface area (Å²) < 4.78 is 27.2. The number of rotatable bonds is 4. The maximum Gasteiger partial charge on any atom is 0.278 e. The highest BCUT2D eigenvalue weighted by molar-refractivity contribution is 9.10. The van der Waals surface area contributed by atoms with Gasteiger partial charge in [-0.25, -0.2) is 0 Å². The molecule has 0 amide bonds. The number of sulfonamides is 1. The van der Waals surface area contributed by atoms with Crippen molar-refractivity contribution in [3.63, 3.8) is 0 Å². The Kier molecular flexibility index (Phi) is 3.95. The Morgan fingerprint density at radius 1 is 1.45 bits per heavy atom. The first-order chi connectivity index (χ1) is 9.44. The van der Waals surface area contributed by atoms with E-state index in [2.05, 4.69) is 36.0 Å². The van der Waals surface area contributed by atoms with Crippen molar-refractivity contribution in [3.05, 3.63) is 40.5 Å². The molecule has 0 saturated heterocycles. The quantitative estimate of drug-likeness (QED) is 0.280. The van der Waals surface area contributed by atoms with Crippen LogP contribution in [0.3, 0.4) is 0 Å². The zero-order chi connectivity index (χ0) is 14.8. The minimum Gasteiger partial charge on any atom is -0.409 e. The molecule has 2 rings (SSSR count). The van der Waals surface area contributed by atoms with E-state index in [1.54, 1.807) is 6.07 Å². The predicted octanol–water partition coefficient (Wildman–Crippen LogP) is 1.07. The first kappa shape index (κ1) is 14.3. The van der Waals surface area contributed by atoms with E-state index in [4.69, 9.17) is 10.9 Å². The predicted molar refractivity (Wildman–Crippen MR) is 76.0 cm³/mol. The van der Waals surface area contributed by atoms with E-state index in [1.165, 1.54) is 24.4 Å². The molecule has 2 aromatic rings. The molecule has 1 aromatic carbocycles. The van der Waals surface area contributed by atoms with Gasteiger partial charge in [0.25, 0.3) is 10.0 Å². The number of anilines is 1. The average Bonchev–Trinajstić information content (AvgIpc) is 2.92. The molecule has 0 aliphatic carbocycles. The van der Waals surface area contributed by atoms with Crippen molar-refractivity contribution in [1.29, 1.82) is 0 Å². The zero-order valence-electron chi connectivity index (χ0n) is 9.91. The van der Waals surface area contributed by atoms with E-state index in [-0.39, 0.29) is 22.1 Å². The molecule has 1 aromatic heterocycles. The fourth-order valence-corrected chi connectivity index (χ4v) is 2.81. The Bertz CT molecular complexity index is 742. The molecule has 0 spiro atoms. The number of nitrogens with one attached hydrogen (secondary N) is 2. The number of aromatic nitrogens is 2. The molecule has 0 aliphatic rings. The van der Waals surface area contributed by atoms with Crippen LogP contribution >= 0.6 is 15.9 Å². The summed E-state index contributed by atoms with van der Waals surface area (Å²) >= 11 is 3.23. The van der Waals surface area contributed by atoms with E-state index in [9.17, 15) is 8.42 Å². The normalized spacial score (nSPS) is 12.3. The molecule has 0 unspecified atom stereocenters. The van der Waals surface area contributed by atoms with E-state index in [0.29, 0.717) is 4.47 Å². The number of H-pyrrole nitrogens is 1. The minimum atomic E-state index is -3.83. The maximum absolute atomic E-state index is 12.1. The van der Waals surface area contributed by atoms with Gasteiger partial charge in [0.1, 0.15) is 0 Å². The lowest BCUT2D eigenvalue weighted by Crippen LogP contribution is -2.19. The zero-order valence-corrected chi connectivity index (χ0v) is 12.3. The second kappa shape index (κ2) is 5.51. The van der Waals surface area contributed by atoms with Gasteiger partial charge in [0.15, 0.2) is 10.9 Å². The van der Waals surface area contributed by atoms with Gasteiger partial charge in [-0.1, -0.05) is 21.1 Å². The fourth-order valence-electron chi connectivity index (χ4n) is 1.47. The molecule has 0 aliphatic heterocycles. The van der Waals surface area contributed by atoms with Gasteiger partial charge in [0.05, 0.1) is 11.9 Å². The third-order valence-corrected chi connectivity index (χ3v) is 4.16. The van der Waals surface area contributed by atoms with Crippen molar-refractivity contribution in [2.24, 2.45) is 10.9 Å². The van der Waals surface area contributed by atoms with Gasteiger partial charge >= 0.3 is 0 Å². The summed E-state index contributed by atoms with van der Waals surface area (Å²) in [4.78, 5) is 0. The number of halogens is 1. The van der Waals surface area contributed by atoms with E-state index in [1.807, 2.05) is 0 Å². The number of amidine groups is 1. The lowest BCUT2D eigenvalue weighted by molar-refractivity contribution is 0.318. The van der Waals surface area contributed by atoms with Crippen LogP contribution in [0.5, 0.6) is 0 Å². The highest BCUT2D eigenvalue weighted by atomic mass is 79.9. The van der Waals surface area contributed by atoms with Crippen LogP contribution in [0.4, 0.5) is 5.69 Å². The number of oxime groups is 1. The topological polar surface area (TPSA) is 133 Å². The monoisotopic (exact) mass is 359 g/mol. The first-order valence-electron chi connectivity index (χ1n) is 5.23. The molecule has 106 valence electrons. The summed E-state index contributed by atoms with van der Waals surface area (Å²) in [6.07, 6.45) is 1.32. The summed E-state index contributed by atoms with van der Waals surface area (Å²) in [6, 6.07) is 5.97. The van der Waals surface area contributed by atoms with Crippen LogP contribution < -0.4 is 10.5 Å². The van der Waals surface area contributed by atoms with Crippen molar-refractivity contribution in [2.45, 2.75) is 5.03 Å². The average molecular weight is 360 g/mol. The Morgan fingerprint density at radius 2 is 2.20 bits per heavy atom. The molecule has 0 atom stereocenters. The number of aromatic amines is 1. The van der Waals surface area contributed by atoms with Crippen LogP contribution in [0, 0.1) is 0 Å². The Morgan fingerprint density at radius 3 is 2.80 bits per heavy atom. The lowest BCUT2D eigenvalue weighted by Gasteiger charge is -2.11. The van der Waals surface area contributed by atoms with Crippen LogP contribution in [0.1, 0.15) is 5.56 Å². The molecule has 0 radical (unpaired) electrons. The molecule has 10 heteroatoms. The van der Waals surface area contributed by atoms with Crippen LogP contribution in [-0.2, 0) is 10.0 Å². The molecule has 0 saturated carbocycles. The summed E-state index contributed by atoms with van der Waals surface area (Å²) in [5.74, 6) is -0.209. The molecule has 5 N–H and O–H groups in total. The summed E-state index contributed by atoms with van der Waals surface area (Å²) in [5.41, 5.74) is 5.93. The van der Waals surface area contributed by atoms with Crippen molar-refractivity contribution in [1.82, 2.24) is 10.2 Å². The fraction of sp³-hybridized carbons (Fsp3) is 0. The van der Waals surface area contributed by atoms with Gasteiger partial charge in [0, 0.05) is 10.0 Å². The van der Waals surface area contributed by atoms with Crippen molar-refractivity contribution >= 4 is 37.5 Å². The Labute approximate surface area is 122 Å². The number of hydrogen-bond donors (Lipinski definition) is 4. The SMILES string of the molecule is N/C(=N/O)c1ccc(Br)cc1NS(=O)(=O)c1ccn[nH]1. The van der Waals surface area contributed by atoms with E-state index < -0.39 is 10.0 Å². The van der Waals surface area contributed by atoms with Crippen molar-refractivity contribution < 1.29 is 13.6 Å². The Balaban J connectivity index is 2.46. The number of nitrogens with two attached hydrogens (primary N) is 1. The molecular formula is C10H10BrN5O3S. The van der Waals surface area contributed by atoms with E-state index >= 15 is 0 Å². The van der Waals surface area contributed by atoms with Crippen LogP contribution in [0.25, 0.3) is 0 Å². The number of hydrogen-bond acceptors (Lipinski definition) is 5. The van der Waals surface area contributed by atoms with Crippen molar-refractivity contribution in [3.8, 4) is 0 Å². The highest BCUT2D eigenvalue weighted by Crippen LogP contribution is 2.23. The van der Waals surface area contributed by atoms with Crippen LogP contribution in [0.15, 0.2) is 45.1 Å². The third kappa shape index (κ3) is 2.91. The number of benzene rings is 1. The highest BCUT2D eigenvalue weighted by Gasteiger charge is 2.18. The van der Waals surface area contributed by atoms with Gasteiger partial charge in [-0.3, -0.25) is 9.82 Å². The maximum atomic E-state index is 12.1. The minimum absolute atomic E-state index is 0.0945. The molecule has 0 fully saturated rings. The van der Waals surface area contributed by atoms with Gasteiger partial charge in [-0.15, -0.1) is 0 Å². The summed E-state index contributed by atoms with van der Waals surface area (Å²) in [7, 11) is -3.83. The van der Waals surface area contributed by atoms with E-state index in [0.717, 1.165) is 0 Å². The summed E-state index contributed by atoms with van der Waals surface area (Å²) in [6.45, 7) is 0.